The highest BCUT2D eigenvalue weighted by Gasteiger charge is 2.32. The summed E-state index contributed by atoms with van der Waals surface area (Å²) in [6, 6.07) is 4.65. The number of hydrogen-bond acceptors (Lipinski definition) is 0. The van der Waals surface area contributed by atoms with Crippen LogP contribution in [-0.2, 0) is 0 Å². The molecule has 2 aliphatic carbocycles. The summed E-state index contributed by atoms with van der Waals surface area (Å²) in [6.07, 6.45) is 17.0. The van der Waals surface area contributed by atoms with Gasteiger partial charge in [0, 0.05) is 0 Å². The highest BCUT2D eigenvalue weighted by Crippen LogP contribution is 2.44. The van der Waals surface area contributed by atoms with Crippen molar-refractivity contribution in [2.24, 2.45) is 17.8 Å². The molecule has 2 saturated carbocycles. The van der Waals surface area contributed by atoms with Crippen molar-refractivity contribution in [1.29, 1.82) is 0 Å². The van der Waals surface area contributed by atoms with Gasteiger partial charge < -0.3 is 0 Å². The summed E-state index contributed by atoms with van der Waals surface area (Å²) in [4.78, 5) is 0. The van der Waals surface area contributed by atoms with E-state index < -0.39 is 11.6 Å². The summed E-state index contributed by atoms with van der Waals surface area (Å²) in [5.41, 5.74) is 0.603. The molecule has 1 aromatic carbocycles. The highest BCUT2D eigenvalue weighted by molar-refractivity contribution is 5.23. The molecule has 0 unspecified atom stereocenters. The second-order valence-electron chi connectivity index (χ2n) is 8.18. The smallest absolute Gasteiger partial charge is 0.162 e. The Labute approximate surface area is 151 Å². The number of allylic oxidation sites excluding steroid dienone is 2. The molecule has 0 aliphatic heterocycles. The Bertz CT molecular complexity index is 561. The van der Waals surface area contributed by atoms with Gasteiger partial charge >= 0.3 is 0 Å². The lowest BCUT2D eigenvalue weighted by Gasteiger charge is -2.38. The Balaban J connectivity index is 1.46. The molecule has 0 radical (unpaired) electrons. The Kier molecular flexibility index (Phi) is 6.67. The van der Waals surface area contributed by atoms with Crippen LogP contribution in [-0.4, -0.2) is 0 Å². The van der Waals surface area contributed by atoms with Gasteiger partial charge in [0.25, 0.3) is 0 Å². The van der Waals surface area contributed by atoms with Crippen LogP contribution in [0.5, 0.6) is 0 Å². The van der Waals surface area contributed by atoms with Crippen LogP contribution in [0, 0.1) is 29.4 Å². The van der Waals surface area contributed by atoms with E-state index in [2.05, 4.69) is 19.1 Å². The van der Waals surface area contributed by atoms with Crippen LogP contribution in [0.3, 0.4) is 0 Å². The third-order valence-electron chi connectivity index (χ3n) is 6.73. The third-order valence-corrected chi connectivity index (χ3v) is 6.73. The second-order valence-corrected chi connectivity index (χ2v) is 8.18. The molecule has 138 valence electrons. The second kappa shape index (κ2) is 8.96. The predicted octanol–water partition coefficient (Wildman–Crippen LogP) is 7.40. The molecule has 0 amide bonds. The van der Waals surface area contributed by atoms with Crippen LogP contribution in [0.1, 0.15) is 82.6 Å². The molecule has 0 spiro atoms. The first-order valence-electron chi connectivity index (χ1n) is 10.2. The average molecular weight is 347 g/mol. The van der Waals surface area contributed by atoms with E-state index in [-0.39, 0.29) is 5.92 Å². The van der Waals surface area contributed by atoms with E-state index in [0.29, 0.717) is 5.56 Å². The van der Waals surface area contributed by atoms with Crippen LogP contribution in [0.2, 0.25) is 0 Å². The molecule has 0 aromatic heterocycles. The zero-order chi connectivity index (χ0) is 17.6. The van der Waals surface area contributed by atoms with Gasteiger partial charge in [-0.1, -0.05) is 37.1 Å². The van der Waals surface area contributed by atoms with Crippen molar-refractivity contribution in [3.8, 4) is 0 Å². The van der Waals surface area contributed by atoms with Crippen molar-refractivity contribution in [3.05, 3.63) is 47.5 Å². The van der Waals surface area contributed by atoms with E-state index in [0.717, 1.165) is 30.6 Å². The predicted molar refractivity (Wildman–Crippen MR) is 101 cm³/mol. The summed E-state index contributed by atoms with van der Waals surface area (Å²) in [5, 5.41) is 0. The Morgan fingerprint density at radius 2 is 1.56 bits per heavy atom. The molecule has 0 bridgehead atoms. The van der Waals surface area contributed by atoms with E-state index in [1.807, 2.05) is 0 Å². The van der Waals surface area contributed by atoms with Gasteiger partial charge in [-0.3, -0.25) is 0 Å². The molecule has 0 saturated heterocycles. The van der Waals surface area contributed by atoms with Crippen molar-refractivity contribution >= 4 is 0 Å². The van der Waals surface area contributed by atoms with Gasteiger partial charge in [0.2, 0.25) is 0 Å². The van der Waals surface area contributed by atoms with Crippen molar-refractivity contribution in [2.45, 2.75) is 77.0 Å². The summed E-state index contributed by atoms with van der Waals surface area (Å²) < 4.78 is 27.5. The first-order chi connectivity index (χ1) is 12.2. The van der Waals surface area contributed by atoms with Crippen LogP contribution < -0.4 is 0 Å². The average Bonchev–Trinajstić information content (AvgIpc) is 2.65. The summed E-state index contributed by atoms with van der Waals surface area (Å²) in [5.74, 6) is 1.50. The Hall–Kier alpha value is -1.18. The molecule has 3 rings (SSSR count). The minimum absolute atomic E-state index is 0.212. The van der Waals surface area contributed by atoms with E-state index in [1.54, 1.807) is 12.1 Å². The van der Waals surface area contributed by atoms with Gasteiger partial charge in [-0.2, -0.15) is 0 Å². The molecular weight excluding hydrogens is 314 g/mol. The lowest BCUT2D eigenvalue weighted by molar-refractivity contribution is 0.156. The summed E-state index contributed by atoms with van der Waals surface area (Å²) >= 11 is 0. The molecule has 1 aromatic rings. The lowest BCUT2D eigenvalue weighted by atomic mass is 9.68. The Morgan fingerprint density at radius 3 is 2.20 bits per heavy atom. The fourth-order valence-corrected chi connectivity index (χ4v) is 5.18. The largest absolute Gasteiger partial charge is 0.204 e. The third kappa shape index (κ3) is 4.71. The van der Waals surface area contributed by atoms with E-state index >= 15 is 0 Å². The summed E-state index contributed by atoms with van der Waals surface area (Å²) in [6.45, 7) is 2.10. The minimum Gasteiger partial charge on any atom is -0.204 e. The van der Waals surface area contributed by atoms with Gasteiger partial charge in [-0.25, -0.2) is 8.78 Å². The number of benzene rings is 1. The molecule has 0 heterocycles. The lowest BCUT2D eigenvalue weighted by Crippen LogP contribution is -2.25. The van der Waals surface area contributed by atoms with Gasteiger partial charge in [-0.05, 0) is 93.6 Å². The fraction of sp³-hybridized carbons (Fsp3) is 0.652. The topological polar surface area (TPSA) is 0 Å². The minimum atomic E-state index is -0.698. The highest BCUT2D eigenvalue weighted by atomic mass is 19.2. The zero-order valence-corrected chi connectivity index (χ0v) is 15.5. The van der Waals surface area contributed by atoms with E-state index in [9.17, 15) is 8.78 Å². The number of rotatable bonds is 5. The van der Waals surface area contributed by atoms with Crippen molar-refractivity contribution in [2.75, 3.05) is 0 Å². The van der Waals surface area contributed by atoms with Crippen LogP contribution in [0.15, 0.2) is 30.4 Å². The maximum atomic E-state index is 14.0. The van der Waals surface area contributed by atoms with Crippen molar-refractivity contribution in [3.63, 3.8) is 0 Å². The van der Waals surface area contributed by atoms with Crippen LogP contribution in [0.4, 0.5) is 8.78 Å². The van der Waals surface area contributed by atoms with E-state index in [4.69, 9.17) is 0 Å². The van der Waals surface area contributed by atoms with Gasteiger partial charge in [0.15, 0.2) is 11.6 Å². The van der Waals surface area contributed by atoms with Gasteiger partial charge in [0.05, 0.1) is 0 Å². The number of hydrogen-bond donors (Lipinski definition) is 0. The SMILES string of the molecule is C/C=C/CCC1CCC(C2CCC(c3cccc(F)c3F)CC2)CC1. The zero-order valence-electron chi connectivity index (χ0n) is 15.5. The number of halogens is 2. The first kappa shape index (κ1) is 18.6. The van der Waals surface area contributed by atoms with Crippen molar-refractivity contribution in [1.82, 2.24) is 0 Å². The molecule has 2 aliphatic rings. The Morgan fingerprint density at radius 1 is 0.920 bits per heavy atom. The van der Waals surface area contributed by atoms with Crippen LogP contribution >= 0.6 is 0 Å². The monoisotopic (exact) mass is 346 g/mol. The van der Waals surface area contributed by atoms with E-state index in [1.165, 1.54) is 57.4 Å². The molecular formula is C23H32F2. The summed E-state index contributed by atoms with van der Waals surface area (Å²) in [7, 11) is 0. The van der Waals surface area contributed by atoms with Gasteiger partial charge in [0.1, 0.15) is 0 Å². The van der Waals surface area contributed by atoms with Gasteiger partial charge in [-0.15, -0.1) is 0 Å². The standard InChI is InChI=1S/C23H32F2/c1-2-3-4-6-17-9-11-18(12-10-17)19-13-15-20(16-14-19)21-7-5-8-22(24)23(21)25/h2-3,5,7-8,17-20H,4,6,9-16H2,1H3/b3-2+. The quantitative estimate of drug-likeness (QED) is 0.487. The maximum Gasteiger partial charge on any atom is 0.162 e. The molecule has 0 N–H and O–H groups in total. The molecule has 0 nitrogen and oxygen atoms in total. The molecule has 2 heteroatoms. The molecule has 2 fully saturated rings. The normalized spacial score (nSPS) is 30.7. The van der Waals surface area contributed by atoms with Crippen LogP contribution in [0.25, 0.3) is 0 Å². The van der Waals surface area contributed by atoms with Crippen molar-refractivity contribution < 1.29 is 8.78 Å². The molecule has 25 heavy (non-hydrogen) atoms. The fourth-order valence-electron chi connectivity index (χ4n) is 5.18. The maximum absolute atomic E-state index is 14.0. The molecule has 0 atom stereocenters. The first-order valence-corrected chi connectivity index (χ1v) is 10.2.